The van der Waals surface area contributed by atoms with Gasteiger partial charge in [0.1, 0.15) is 11.9 Å². The maximum atomic E-state index is 9.65. The Bertz CT molecular complexity index is 367. The van der Waals surface area contributed by atoms with Gasteiger partial charge in [-0.3, -0.25) is 0 Å². The average molecular weight is 287 g/mol. The number of benzene rings is 1. The summed E-state index contributed by atoms with van der Waals surface area (Å²) >= 11 is 3.35. The highest BCUT2D eigenvalue weighted by molar-refractivity contribution is 9.10. The van der Waals surface area contributed by atoms with Gasteiger partial charge in [0.25, 0.3) is 0 Å². The fourth-order valence-corrected chi connectivity index (χ4v) is 2.34. The van der Waals surface area contributed by atoms with Crippen LogP contribution in [-0.2, 0) is 6.61 Å². The van der Waals surface area contributed by atoms with Crippen molar-refractivity contribution in [3.05, 3.63) is 28.2 Å². The van der Waals surface area contributed by atoms with Crippen molar-refractivity contribution >= 4 is 15.9 Å². The minimum Gasteiger partial charge on any atom is -0.488 e. The predicted molar refractivity (Wildman–Crippen MR) is 64.3 cm³/mol. The molecule has 1 aliphatic carbocycles. The SMILES string of the molecule is OCc1cc(OC2CCCC2O)ccc1Br. The fourth-order valence-electron chi connectivity index (χ4n) is 1.96. The van der Waals surface area contributed by atoms with Crippen LogP contribution in [0.3, 0.4) is 0 Å². The zero-order chi connectivity index (χ0) is 11.5. The molecule has 2 rings (SSSR count). The van der Waals surface area contributed by atoms with Gasteiger partial charge in [-0.15, -0.1) is 0 Å². The van der Waals surface area contributed by atoms with Crippen LogP contribution >= 0.6 is 15.9 Å². The standard InChI is InChI=1S/C12H15BrO3/c13-10-5-4-9(6-8(10)7-14)16-12-3-1-2-11(12)15/h4-6,11-12,14-15H,1-3,7H2. The third kappa shape index (κ3) is 2.56. The first kappa shape index (κ1) is 11.9. The Hall–Kier alpha value is -0.580. The minimum absolute atomic E-state index is 0.0228. The summed E-state index contributed by atoms with van der Waals surface area (Å²) in [6.45, 7) is -0.0228. The van der Waals surface area contributed by atoms with Crippen molar-refractivity contribution in [1.82, 2.24) is 0 Å². The number of aliphatic hydroxyl groups is 2. The molecule has 2 atom stereocenters. The largest absolute Gasteiger partial charge is 0.488 e. The second-order valence-corrected chi connectivity index (χ2v) is 4.92. The molecule has 0 aliphatic heterocycles. The van der Waals surface area contributed by atoms with Crippen LogP contribution in [-0.4, -0.2) is 22.4 Å². The monoisotopic (exact) mass is 286 g/mol. The van der Waals surface area contributed by atoms with Crippen molar-refractivity contribution in [3.63, 3.8) is 0 Å². The maximum absolute atomic E-state index is 9.65. The summed E-state index contributed by atoms with van der Waals surface area (Å²) in [6.07, 6.45) is 2.25. The van der Waals surface area contributed by atoms with E-state index in [0.29, 0.717) is 5.75 Å². The lowest BCUT2D eigenvalue weighted by Gasteiger charge is -2.17. The van der Waals surface area contributed by atoms with E-state index in [1.807, 2.05) is 12.1 Å². The Morgan fingerprint density at radius 2 is 2.19 bits per heavy atom. The molecule has 2 unspecified atom stereocenters. The quantitative estimate of drug-likeness (QED) is 0.896. The number of ether oxygens (including phenoxy) is 1. The molecule has 1 fully saturated rings. The van der Waals surface area contributed by atoms with E-state index in [-0.39, 0.29) is 18.8 Å². The first-order chi connectivity index (χ1) is 7.70. The van der Waals surface area contributed by atoms with Gasteiger partial charge in [-0.1, -0.05) is 15.9 Å². The van der Waals surface area contributed by atoms with Gasteiger partial charge in [-0.2, -0.15) is 0 Å². The number of hydrogen-bond acceptors (Lipinski definition) is 3. The van der Waals surface area contributed by atoms with E-state index in [9.17, 15) is 5.11 Å². The molecular weight excluding hydrogens is 272 g/mol. The van der Waals surface area contributed by atoms with E-state index < -0.39 is 0 Å². The zero-order valence-electron chi connectivity index (χ0n) is 8.90. The normalized spacial score (nSPS) is 24.7. The van der Waals surface area contributed by atoms with Gasteiger partial charge < -0.3 is 14.9 Å². The molecule has 2 N–H and O–H groups in total. The molecule has 0 amide bonds. The van der Waals surface area contributed by atoms with Crippen LogP contribution in [0.5, 0.6) is 5.75 Å². The summed E-state index contributed by atoms with van der Waals surface area (Å²) in [5.41, 5.74) is 0.796. The van der Waals surface area contributed by atoms with Crippen LogP contribution in [0.25, 0.3) is 0 Å². The van der Waals surface area contributed by atoms with E-state index in [1.54, 1.807) is 6.07 Å². The third-order valence-electron chi connectivity index (χ3n) is 2.89. The molecule has 0 aromatic heterocycles. The van der Waals surface area contributed by atoms with Crippen molar-refractivity contribution in [2.75, 3.05) is 0 Å². The summed E-state index contributed by atoms with van der Waals surface area (Å²) in [4.78, 5) is 0. The first-order valence-corrected chi connectivity index (χ1v) is 6.24. The van der Waals surface area contributed by atoms with Crippen molar-refractivity contribution < 1.29 is 14.9 Å². The summed E-state index contributed by atoms with van der Waals surface area (Å²) in [5, 5.41) is 18.8. The van der Waals surface area contributed by atoms with Crippen molar-refractivity contribution in [2.45, 2.75) is 38.1 Å². The second kappa shape index (κ2) is 5.17. The number of rotatable bonds is 3. The Kier molecular flexibility index (Phi) is 3.84. The smallest absolute Gasteiger partial charge is 0.124 e. The van der Waals surface area contributed by atoms with Crippen LogP contribution in [0, 0.1) is 0 Å². The average Bonchev–Trinajstić information content (AvgIpc) is 2.67. The molecule has 0 spiro atoms. The summed E-state index contributed by atoms with van der Waals surface area (Å²) in [7, 11) is 0. The molecule has 1 aromatic carbocycles. The fraction of sp³-hybridized carbons (Fsp3) is 0.500. The van der Waals surface area contributed by atoms with Gasteiger partial charge in [0.05, 0.1) is 12.7 Å². The van der Waals surface area contributed by atoms with Gasteiger partial charge in [-0.05, 0) is 43.0 Å². The molecule has 1 aromatic rings. The van der Waals surface area contributed by atoms with E-state index in [2.05, 4.69) is 15.9 Å². The molecule has 88 valence electrons. The molecule has 0 radical (unpaired) electrons. The van der Waals surface area contributed by atoms with Crippen molar-refractivity contribution in [3.8, 4) is 5.75 Å². The van der Waals surface area contributed by atoms with Gasteiger partial charge in [0, 0.05) is 4.47 Å². The highest BCUT2D eigenvalue weighted by atomic mass is 79.9. The van der Waals surface area contributed by atoms with E-state index in [0.717, 1.165) is 29.3 Å². The summed E-state index contributed by atoms with van der Waals surface area (Å²) in [5.74, 6) is 0.707. The zero-order valence-corrected chi connectivity index (χ0v) is 10.5. The number of aliphatic hydroxyl groups excluding tert-OH is 2. The number of hydrogen-bond donors (Lipinski definition) is 2. The molecule has 0 saturated heterocycles. The lowest BCUT2D eigenvalue weighted by molar-refractivity contribution is 0.0603. The first-order valence-electron chi connectivity index (χ1n) is 5.44. The van der Waals surface area contributed by atoms with Gasteiger partial charge >= 0.3 is 0 Å². The van der Waals surface area contributed by atoms with Gasteiger partial charge in [-0.25, -0.2) is 0 Å². The molecular formula is C12H15BrO3. The predicted octanol–water partition coefficient (Wildman–Crippen LogP) is 2.23. The van der Waals surface area contributed by atoms with Gasteiger partial charge in [0.2, 0.25) is 0 Å². The lowest BCUT2D eigenvalue weighted by atomic mass is 10.2. The molecule has 16 heavy (non-hydrogen) atoms. The van der Waals surface area contributed by atoms with Crippen molar-refractivity contribution in [2.24, 2.45) is 0 Å². The highest BCUT2D eigenvalue weighted by Gasteiger charge is 2.26. The minimum atomic E-state index is -0.360. The van der Waals surface area contributed by atoms with E-state index in [1.165, 1.54) is 0 Å². The maximum Gasteiger partial charge on any atom is 0.124 e. The topological polar surface area (TPSA) is 49.7 Å². The van der Waals surface area contributed by atoms with Crippen LogP contribution in [0.1, 0.15) is 24.8 Å². The summed E-state index contributed by atoms with van der Waals surface area (Å²) in [6, 6.07) is 5.49. The van der Waals surface area contributed by atoms with Crippen LogP contribution in [0.15, 0.2) is 22.7 Å². The molecule has 1 aliphatic rings. The molecule has 0 heterocycles. The molecule has 3 nitrogen and oxygen atoms in total. The summed E-state index contributed by atoms with van der Waals surface area (Å²) < 4.78 is 6.57. The van der Waals surface area contributed by atoms with Gasteiger partial charge in [0.15, 0.2) is 0 Å². The Morgan fingerprint density at radius 3 is 2.81 bits per heavy atom. The van der Waals surface area contributed by atoms with Crippen LogP contribution in [0.2, 0.25) is 0 Å². The Labute approximate surface area is 103 Å². The lowest BCUT2D eigenvalue weighted by Crippen LogP contribution is -2.25. The Balaban J connectivity index is 2.09. The highest BCUT2D eigenvalue weighted by Crippen LogP contribution is 2.27. The molecule has 0 bridgehead atoms. The third-order valence-corrected chi connectivity index (χ3v) is 3.67. The van der Waals surface area contributed by atoms with E-state index in [4.69, 9.17) is 9.84 Å². The molecule has 1 saturated carbocycles. The van der Waals surface area contributed by atoms with Crippen molar-refractivity contribution in [1.29, 1.82) is 0 Å². The Morgan fingerprint density at radius 1 is 1.38 bits per heavy atom. The second-order valence-electron chi connectivity index (χ2n) is 4.07. The van der Waals surface area contributed by atoms with E-state index >= 15 is 0 Å². The van der Waals surface area contributed by atoms with Crippen LogP contribution < -0.4 is 4.74 Å². The number of halogens is 1. The van der Waals surface area contributed by atoms with Crippen LogP contribution in [0.4, 0.5) is 0 Å². The molecule has 4 heteroatoms.